The van der Waals surface area contributed by atoms with Crippen LogP contribution in [0.25, 0.3) is 0 Å². The summed E-state index contributed by atoms with van der Waals surface area (Å²) in [6.07, 6.45) is 0. The monoisotopic (exact) mass is 398 g/mol. The van der Waals surface area contributed by atoms with Gasteiger partial charge in [0, 0.05) is 21.4 Å². The van der Waals surface area contributed by atoms with Crippen LogP contribution in [0, 0.1) is 20.6 Å². The highest BCUT2D eigenvalue weighted by Crippen LogP contribution is 2.27. The number of halogens is 1. The van der Waals surface area contributed by atoms with Gasteiger partial charge < -0.3 is 10.4 Å². The lowest BCUT2D eigenvalue weighted by Crippen LogP contribution is -2.04. The minimum absolute atomic E-state index is 0.137. The van der Waals surface area contributed by atoms with Crippen molar-refractivity contribution in [3.05, 3.63) is 61.2 Å². The maximum atomic E-state index is 11.3. The molecule has 0 saturated heterocycles. The standard InChI is InChI=1S/C14H11IN2O4/c1-8-6-9(15)2-4-12(8)16-13-5-3-10(17(20)21)7-11(13)14(18)19/h2-7,16H,1H3,(H,18,19). The topological polar surface area (TPSA) is 92.5 Å². The number of carboxylic acids is 1. The smallest absolute Gasteiger partial charge is 0.338 e. The summed E-state index contributed by atoms with van der Waals surface area (Å²) in [7, 11) is 0. The fourth-order valence-corrected chi connectivity index (χ4v) is 2.49. The molecular weight excluding hydrogens is 387 g/mol. The fourth-order valence-electron chi connectivity index (χ4n) is 1.84. The zero-order chi connectivity index (χ0) is 15.6. The third-order valence-electron chi connectivity index (χ3n) is 2.90. The van der Waals surface area contributed by atoms with E-state index in [0.717, 1.165) is 20.9 Å². The second-order valence-electron chi connectivity index (χ2n) is 4.38. The summed E-state index contributed by atoms with van der Waals surface area (Å²) in [6.45, 7) is 1.90. The van der Waals surface area contributed by atoms with E-state index in [9.17, 15) is 20.0 Å². The van der Waals surface area contributed by atoms with Gasteiger partial charge in [-0.25, -0.2) is 4.79 Å². The van der Waals surface area contributed by atoms with Crippen molar-refractivity contribution >= 4 is 45.6 Å². The summed E-state index contributed by atoms with van der Waals surface area (Å²) in [6, 6.07) is 9.41. The molecule has 2 N–H and O–H groups in total. The third-order valence-corrected chi connectivity index (χ3v) is 3.57. The first-order valence-electron chi connectivity index (χ1n) is 5.93. The Balaban J connectivity index is 2.44. The summed E-state index contributed by atoms with van der Waals surface area (Å²) >= 11 is 2.19. The van der Waals surface area contributed by atoms with Gasteiger partial charge >= 0.3 is 5.97 Å². The molecule has 0 saturated carbocycles. The predicted molar refractivity (Wildman–Crippen MR) is 87.2 cm³/mol. The summed E-state index contributed by atoms with van der Waals surface area (Å²) in [5.41, 5.74) is 1.64. The van der Waals surface area contributed by atoms with Crippen LogP contribution in [0.2, 0.25) is 0 Å². The van der Waals surface area contributed by atoms with E-state index in [1.165, 1.54) is 12.1 Å². The number of rotatable bonds is 4. The Hall–Kier alpha value is -2.16. The van der Waals surface area contributed by atoms with Gasteiger partial charge in [0.25, 0.3) is 5.69 Å². The molecule has 0 aromatic heterocycles. The molecule has 2 aromatic carbocycles. The molecule has 0 atom stereocenters. The minimum atomic E-state index is -1.22. The van der Waals surface area contributed by atoms with Crippen molar-refractivity contribution in [2.45, 2.75) is 6.92 Å². The number of hydrogen-bond acceptors (Lipinski definition) is 4. The highest BCUT2D eigenvalue weighted by Gasteiger charge is 2.16. The molecule has 0 bridgehead atoms. The first kappa shape index (κ1) is 15.2. The fraction of sp³-hybridized carbons (Fsp3) is 0.0714. The van der Waals surface area contributed by atoms with Crippen LogP contribution in [0.5, 0.6) is 0 Å². The van der Waals surface area contributed by atoms with Crippen LogP contribution in [0.15, 0.2) is 36.4 Å². The molecule has 0 fully saturated rings. The second kappa shape index (κ2) is 6.08. The SMILES string of the molecule is Cc1cc(I)ccc1Nc1ccc([N+](=O)[O-])cc1C(=O)O. The number of nitrogens with zero attached hydrogens (tertiary/aromatic N) is 1. The number of carboxylic acid groups (broad SMARTS) is 1. The number of aromatic carboxylic acids is 1. The van der Waals surface area contributed by atoms with E-state index in [2.05, 4.69) is 27.9 Å². The Morgan fingerprint density at radius 1 is 1.24 bits per heavy atom. The molecule has 21 heavy (non-hydrogen) atoms. The zero-order valence-corrected chi connectivity index (χ0v) is 13.1. The first-order chi connectivity index (χ1) is 9.88. The van der Waals surface area contributed by atoms with Crippen LogP contribution in [0.3, 0.4) is 0 Å². The molecule has 6 nitrogen and oxygen atoms in total. The number of nitrogens with one attached hydrogen (secondary N) is 1. The van der Waals surface area contributed by atoms with Gasteiger partial charge in [0.15, 0.2) is 0 Å². The Morgan fingerprint density at radius 2 is 1.90 bits per heavy atom. The molecule has 2 rings (SSSR count). The van der Waals surface area contributed by atoms with Crippen molar-refractivity contribution in [2.24, 2.45) is 0 Å². The van der Waals surface area contributed by atoms with Crippen LogP contribution < -0.4 is 5.32 Å². The lowest BCUT2D eigenvalue weighted by atomic mass is 10.1. The molecule has 0 spiro atoms. The molecule has 0 aliphatic carbocycles. The lowest BCUT2D eigenvalue weighted by Gasteiger charge is -2.12. The highest BCUT2D eigenvalue weighted by molar-refractivity contribution is 14.1. The van der Waals surface area contributed by atoms with Crippen LogP contribution in [0.1, 0.15) is 15.9 Å². The van der Waals surface area contributed by atoms with E-state index in [-0.39, 0.29) is 11.3 Å². The third kappa shape index (κ3) is 3.48. The van der Waals surface area contributed by atoms with Crippen molar-refractivity contribution in [1.82, 2.24) is 0 Å². The van der Waals surface area contributed by atoms with E-state index in [0.29, 0.717) is 5.69 Å². The van der Waals surface area contributed by atoms with Gasteiger partial charge in [-0.05, 0) is 59.3 Å². The molecule has 0 radical (unpaired) electrons. The average molecular weight is 398 g/mol. The largest absolute Gasteiger partial charge is 0.478 e. The highest BCUT2D eigenvalue weighted by atomic mass is 127. The number of nitro groups is 1. The number of carbonyl (C=O) groups is 1. The van der Waals surface area contributed by atoms with Crippen molar-refractivity contribution in [3.63, 3.8) is 0 Å². The second-order valence-corrected chi connectivity index (χ2v) is 5.62. The van der Waals surface area contributed by atoms with E-state index >= 15 is 0 Å². The van der Waals surface area contributed by atoms with Crippen LogP contribution in [-0.4, -0.2) is 16.0 Å². The number of nitro benzene ring substituents is 1. The molecule has 0 aliphatic heterocycles. The summed E-state index contributed by atoms with van der Waals surface area (Å²) < 4.78 is 1.07. The van der Waals surface area contributed by atoms with Gasteiger partial charge in [0.1, 0.15) is 0 Å². The molecular formula is C14H11IN2O4. The van der Waals surface area contributed by atoms with Gasteiger partial charge in [-0.2, -0.15) is 0 Å². The minimum Gasteiger partial charge on any atom is -0.478 e. The summed E-state index contributed by atoms with van der Waals surface area (Å²) in [5.74, 6) is -1.22. The molecule has 0 unspecified atom stereocenters. The Morgan fingerprint density at radius 3 is 2.48 bits per heavy atom. The lowest BCUT2D eigenvalue weighted by molar-refractivity contribution is -0.384. The van der Waals surface area contributed by atoms with Crippen molar-refractivity contribution in [2.75, 3.05) is 5.32 Å². The van der Waals surface area contributed by atoms with Crippen LogP contribution in [-0.2, 0) is 0 Å². The van der Waals surface area contributed by atoms with E-state index in [1.807, 2.05) is 25.1 Å². The van der Waals surface area contributed by atoms with Gasteiger partial charge in [-0.1, -0.05) is 0 Å². The molecule has 7 heteroatoms. The van der Waals surface area contributed by atoms with E-state index in [1.54, 1.807) is 0 Å². The Labute approximate surface area is 134 Å². The maximum Gasteiger partial charge on any atom is 0.338 e. The normalized spacial score (nSPS) is 10.2. The number of benzene rings is 2. The Kier molecular flexibility index (Phi) is 4.41. The van der Waals surface area contributed by atoms with Crippen molar-refractivity contribution in [1.29, 1.82) is 0 Å². The van der Waals surface area contributed by atoms with Crippen molar-refractivity contribution < 1.29 is 14.8 Å². The van der Waals surface area contributed by atoms with E-state index < -0.39 is 10.9 Å². The number of anilines is 2. The van der Waals surface area contributed by atoms with Gasteiger partial charge in [-0.3, -0.25) is 10.1 Å². The van der Waals surface area contributed by atoms with Crippen LogP contribution in [0.4, 0.5) is 17.1 Å². The van der Waals surface area contributed by atoms with Crippen molar-refractivity contribution in [3.8, 4) is 0 Å². The molecule has 2 aromatic rings. The quantitative estimate of drug-likeness (QED) is 0.462. The molecule has 0 heterocycles. The maximum absolute atomic E-state index is 11.3. The van der Waals surface area contributed by atoms with Gasteiger partial charge in [0.05, 0.1) is 16.2 Å². The molecule has 0 amide bonds. The van der Waals surface area contributed by atoms with Gasteiger partial charge in [0.2, 0.25) is 0 Å². The number of hydrogen-bond donors (Lipinski definition) is 2. The number of aryl methyl sites for hydroxylation is 1. The number of non-ortho nitro benzene ring substituents is 1. The van der Waals surface area contributed by atoms with E-state index in [4.69, 9.17) is 0 Å². The molecule has 108 valence electrons. The summed E-state index contributed by atoms with van der Waals surface area (Å²) in [5, 5.41) is 22.9. The van der Waals surface area contributed by atoms with Crippen LogP contribution >= 0.6 is 22.6 Å². The first-order valence-corrected chi connectivity index (χ1v) is 7.01. The average Bonchev–Trinajstić information content (AvgIpc) is 2.41. The molecule has 0 aliphatic rings. The predicted octanol–water partition coefficient (Wildman–Crippen LogP) is 3.95. The van der Waals surface area contributed by atoms with Gasteiger partial charge in [-0.15, -0.1) is 0 Å². The Bertz CT molecular complexity index is 731. The summed E-state index contributed by atoms with van der Waals surface area (Å²) in [4.78, 5) is 21.4. The zero-order valence-electron chi connectivity index (χ0n) is 11.0.